The van der Waals surface area contributed by atoms with Gasteiger partial charge in [0.25, 0.3) is 0 Å². The molecule has 3 aliphatic carbocycles. The summed E-state index contributed by atoms with van der Waals surface area (Å²) in [6.45, 7) is 3.76. The lowest BCUT2D eigenvalue weighted by molar-refractivity contribution is 0.0609. The monoisotopic (exact) mass is 388 g/mol. The Balaban J connectivity index is 1.53. The maximum atomic E-state index is 9.86. The normalized spacial score (nSPS) is 35.1. The molecule has 1 spiro atoms. The highest BCUT2D eigenvalue weighted by atomic mass is 16.5. The van der Waals surface area contributed by atoms with Crippen molar-refractivity contribution in [2.45, 2.75) is 102 Å². The van der Waals surface area contributed by atoms with Crippen molar-refractivity contribution in [1.82, 2.24) is 0 Å². The number of allylic oxidation sites excluding steroid dienone is 3. The number of hydrogen-bond donors (Lipinski definition) is 3. The predicted octanol–water partition coefficient (Wildman–Crippen LogP) is 3.65. The van der Waals surface area contributed by atoms with E-state index in [-0.39, 0.29) is 6.10 Å². The second-order valence-electron chi connectivity index (χ2n) is 9.67. The molecule has 4 heteroatoms. The molecule has 0 aliphatic heterocycles. The number of rotatable bonds is 3. The quantitative estimate of drug-likeness (QED) is 0.646. The van der Waals surface area contributed by atoms with Crippen LogP contribution in [0.15, 0.2) is 23.3 Å². The maximum Gasteiger partial charge on any atom is 0.120 e. The van der Waals surface area contributed by atoms with Crippen LogP contribution in [0.5, 0.6) is 0 Å². The van der Waals surface area contributed by atoms with Crippen molar-refractivity contribution in [2.75, 3.05) is 6.61 Å². The summed E-state index contributed by atoms with van der Waals surface area (Å²) in [4.78, 5) is 0. The molecule has 0 aromatic heterocycles. The van der Waals surface area contributed by atoms with Crippen molar-refractivity contribution in [1.29, 1.82) is 0 Å². The molecule has 0 bridgehead atoms. The number of aliphatic hydroxyl groups excluding tert-OH is 2. The van der Waals surface area contributed by atoms with E-state index in [9.17, 15) is 15.3 Å². The lowest BCUT2D eigenvalue weighted by atomic mass is 9.70. The van der Waals surface area contributed by atoms with E-state index >= 15 is 0 Å². The lowest BCUT2D eigenvalue weighted by Gasteiger charge is -2.35. The van der Waals surface area contributed by atoms with Gasteiger partial charge in [-0.05, 0) is 83.5 Å². The van der Waals surface area contributed by atoms with E-state index in [1.165, 1.54) is 24.8 Å². The Morgan fingerprint density at radius 3 is 2.57 bits per heavy atom. The molecule has 0 radical (unpaired) electrons. The van der Waals surface area contributed by atoms with E-state index in [1.54, 1.807) is 13.8 Å². The molecular weight excluding hydrogens is 352 g/mol. The van der Waals surface area contributed by atoms with E-state index in [2.05, 4.69) is 24.0 Å². The highest BCUT2D eigenvalue weighted by molar-refractivity contribution is 5.23. The van der Waals surface area contributed by atoms with Crippen molar-refractivity contribution in [2.24, 2.45) is 5.41 Å². The van der Waals surface area contributed by atoms with Crippen LogP contribution in [0.4, 0.5) is 0 Å². The fourth-order valence-electron chi connectivity index (χ4n) is 5.13. The molecule has 0 heterocycles. The van der Waals surface area contributed by atoms with Crippen molar-refractivity contribution in [3.8, 4) is 11.8 Å². The molecule has 28 heavy (non-hydrogen) atoms. The third-order valence-corrected chi connectivity index (χ3v) is 6.34. The van der Waals surface area contributed by atoms with Gasteiger partial charge in [-0.1, -0.05) is 35.1 Å². The first kappa shape index (κ1) is 21.6. The van der Waals surface area contributed by atoms with E-state index in [4.69, 9.17) is 4.74 Å². The Hall–Kier alpha value is -1.12. The molecule has 3 saturated carbocycles. The van der Waals surface area contributed by atoms with Gasteiger partial charge in [0.15, 0.2) is 0 Å². The van der Waals surface area contributed by atoms with Crippen LogP contribution in [-0.4, -0.2) is 45.8 Å². The van der Waals surface area contributed by atoms with Gasteiger partial charge in [0.05, 0.1) is 18.3 Å². The molecule has 156 valence electrons. The Morgan fingerprint density at radius 2 is 1.86 bits per heavy atom. The van der Waals surface area contributed by atoms with Crippen LogP contribution < -0.4 is 0 Å². The molecule has 0 amide bonds. The summed E-state index contributed by atoms with van der Waals surface area (Å²) in [6, 6.07) is 0. The zero-order valence-corrected chi connectivity index (χ0v) is 17.4. The van der Waals surface area contributed by atoms with Gasteiger partial charge in [0.2, 0.25) is 0 Å². The number of aliphatic hydroxyl groups is 3. The molecule has 4 atom stereocenters. The van der Waals surface area contributed by atoms with Gasteiger partial charge in [-0.3, -0.25) is 0 Å². The average molecular weight is 389 g/mol. The minimum Gasteiger partial charge on any atom is -0.393 e. The highest BCUT2D eigenvalue weighted by Gasteiger charge is 2.41. The SMILES string of the molecule is CC(C)(O)C#CCO[C@@H]1CC[C@]2(CCC/C(=C\C=C3C[C@@H](O)C[C@H](O)C3)C2)C1. The molecule has 3 N–H and O–H groups in total. The van der Waals surface area contributed by atoms with E-state index in [0.717, 1.165) is 31.3 Å². The zero-order chi connectivity index (χ0) is 20.2. The standard InChI is InChI=1S/C24H36O4/c1-23(2,27)9-4-12-28-22-8-11-24(17-22)10-3-5-18(16-24)6-7-19-13-20(25)15-21(26)14-19/h6-7,20-22,25-27H,3,5,8,10-17H2,1-2H3/b18-6+/t20-,21-,22-,24+/m1/s1. The van der Waals surface area contributed by atoms with E-state index in [0.29, 0.717) is 31.3 Å². The predicted molar refractivity (Wildman–Crippen MR) is 111 cm³/mol. The summed E-state index contributed by atoms with van der Waals surface area (Å²) < 4.78 is 5.97. The van der Waals surface area contributed by atoms with Crippen molar-refractivity contribution in [3.63, 3.8) is 0 Å². The van der Waals surface area contributed by atoms with Crippen LogP contribution in [0.25, 0.3) is 0 Å². The number of ether oxygens (including phenoxy) is 1. The molecule has 0 aromatic rings. The first-order chi connectivity index (χ1) is 13.2. The Morgan fingerprint density at radius 1 is 1.14 bits per heavy atom. The second kappa shape index (κ2) is 9.13. The summed E-state index contributed by atoms with van der Waals surface area (Å²) in [5.41, 5.74) is 2.07. The largest absolute Gasteiger partial charge is 0.393 e. The lowest BCUT2D eigenvalue weighted by Crippen LogP contribution is -2.25. The molecule has 3 aliphatic rings. The third kappa shape index (κ3) is 6.46. The van der Waals surface area contributed by atoms with E-state index < -0.39 is 17.8 Å². The van der Waals surface area contributed by atoms with Gasteiger partial charge >= 0.3 is 0 Å². The average Bonchev–Trinajstić information content (AvgIpc) is 2.98. The summed E-state index contributed by atoms with van der Waals surface area (Å²) in [7, 11) is 0. The molecule has 0 unspecified atom stereocenters. The summed E-state index contributed by atoms with van der Waals surface area (Å²) in [5, 5.41) is 29.4. The third-order valence-electron chi connectivity index (χ3n) is 6.34. The van der Waals surface area contributed by atoms with Crippen molar-refractivity contribution in [3.05, 3.63) is 23.3 Å². The van der Waals surface area contributed by atoms with Gasteiger partial charge in [-0.25, -0.2) is 0 Å². The minimum absolute atomic E-state index is 0.275. The highest BCUT2D eigenvalue weighted by Crippen LogP contribution is 2.51. The van der Waals surface area contributed by atoms with Crippen LogP contribution in [0.3, 0.4) is 0 Å². The number of hydrogen-bond acceptors (Lipinski definition) is 4. The Kier molecular flexibility index (Phi) is 7.04. The Labute approximate surface area is 169 Å². The Bertz CT molecular complexity index is 648. The molecule has 0 saturated heterocycles. The first-order valence-electron chi connectivity index (χ1n) is 10.8. The summed E-state index contributed by atoms with van der Waals surface area (Å²) in [5.74, 6) is 5.74. The smallest absolute Gasteiger partial charge is 0.120 e. The van der Waals surface area contributed by atoms with Gasteiger partial charge < -0.3 is 20.1 Å². The van der Waals surface area contributed by atoms with Gasteiger partial charge in [0, 0.05) is 0 Å². The molecule has 0 aromatic carbocycles. The van der Waals surface area contributed by atoms with E-state index in [1.807, 2.05) is 0 Å². The van der Waals surface area contributed by atoms with Gasteiger partial charge in [0.1, 0.15) is 12.2 Å². The second-order valence-corrected chi connectivity index (χ2v) is 9.67. The van der Waals surface area contributed by atoms with Crippen LogP contribution in [0.1, 0.15) is 78.1 Å². The molecule has 3 fully saturated rings. The fourth-order valence-corrected chi connectivity index (χ4v) is 5.13. The molecular formula is C24H36O4. The van der Waals surface area contributed by atoms with Gasteiger partial charge in [-0.2, -0.15) is 0 Å². The minimum atomic E-state index is -0.956. The zero-order valence-electron chi connectivity index (χ0n) is 17.4. The summed E-state index contributed by atoms with van der Waals surface area (Å²) >= 11 is 0. The van der Waals surface area contributed by atoms with Crippen molar-refractivity contribution < 1.29 is 20.1 Å². The van der Waals surface area contributed by atoms with Gasteiger partial charge in [-0.15, -0.1) is 0 Å². The molecule has 4 nitrogen and oxygen atoms in total. The molecule has 3 rings (SSSR count). The maximum absolute atomic E-state index is 9.86. The topological polar surface area (TPSA) is 69.9 Å². The van der Waals surface area contributed by atoms with Crippen LogP contribution in [0, 0.1) is 17.3 Å². The first-order valence-corrected chi connectivity index (χ1v) is 10.8. The summed E-state index contributed by atoms with van der Waals surface area (Å²) in [6.07, 6.45) is 13.9. The van der Waals surface area contributed by atoms with Crippen molar-refractivity contribution >= 4 is 0 Å². The van der Waals surface area contributed by atoms with Crippen LogP contribution in [-0.2, 0) is 4.74 Å². The van der Waals surface area contributed by atoms with Crippen LogP contribution in [0.2, 0.25) is 0 Å². The fraction of sp³-hybridized carbons (Fsp3) is 0.750. The van der Waals surface area contributed by atoms with Crippen LogP contribution >= 0.6 is 0 Å².